The monoisotopic (exact) mass is 101 g/mol. The highest BCUT2D eigenvalue weighted by Gasteiger charge is 1.78. The predicted molar refractivity (Wildman–Crippen MR) is 25.9 cm³/mol. The maximum atomic E-state index is 6.39. The normalized spacial score (nSPS) is 6.57. The molecule has 7 N–H and O–H groups in total. The van der Waals surface area contributed by atoms with Gasteiger partial charge in [-0.05, 0) is 0 Å². The van der Waals surface area contributed by atoms with E-state index in [9.17, 15) is 0 Å². The van der Waals surface area contributed by atoms with E-state index in [-0.39, 0.29) is 5.82 Å². The lowest BCUT2D eigenvalue weighted by Gasteiger charge is -1.96. The number of nitrogens with two attached hydrogens (primary N) is 2. The fourth-order valence-electron chi connectivity index (χ4n) is 0.114. The first-order valence-electron chi connectivity index (χ1n) is 1.58. The number of hydrogen-bond donors (Lipinski definition) is 5. The molecule has 0 unspecified atom stereocenters. The van der Waals surface area contributed by atoms with Crippen LogP contribution in [0.1, 0.15) is 0 Å². The van der Waals surface area contributed by atoms with Crippen LogP contribution in [0, 0.1) is 5.41 Å². The van der Waals surface area contributed by atoms with Crippen molar-refractivity contribution < 1.29 is 0 Å². The predicted octanol–water partition coefficient (Wildman–Crippen LogP) is -2.00. The van der Waals surface area contributed by atoms with Crippen molar-refractivity contribution in [3.8, 4) is 0 Å². The van der Waals surface area contributed by atoms with Crippen molar-refractivity contribution in [1.82, 2.24) is 10.9 Å². The van der Waals surface area contributed by atoms with E-state index < -0.39 is 0 Å². The Morgan fingerprint density at radius 3 is 1.86 bits per heavy atom. The van der Waals surface area contributed by atoms with Crippen molar-refractivity contribution in [2.24, 2.45) is 11.7 Å². The molecule has 5 nitrogen and oxygen atoms in total. The van der Waals surface area contributed by atoms with E-state index in [1.54, 1.807) is 0 Å². The molecule has 0 aromatic rings. The van der Waals surface area contributed by atoms with Gasteiger partial charge in [0.05, 0.1) is 0 Å². The molecule has 40 valence electrons. The van der Waals surface area contributed by atoms with Crippen LogP contribution < -0.4 is 22.5 Å². The quantitative estimate of drug-likeness (QED) is 0.158. The van der Waals surface area contributed by atoms with Crippen LogP contribution in [0.2, 0.25) is 0 Å². The Kier molecular flexibility index (Phi) is 2.70. The maximum absolute atomic E-state index is 6.39. The third kappa shape index (κ3) is 1.77. The highest BCUT2D eigenvalue weighted by molar-refractivity contribution is 5.51. The summed E-state index contributed by atoms with van der Waals surface area (Å²) in [6.45, 7) is 0. The third-order valence-corrected chi connectivity index (χ3v) is 0.414. The fraction of sp³-hybridized carbons (Fsp3) is 0. The molecule has 0 radical (unpaired) electrons. The van der Waals surface area contributed by atoms with Crippen LogP contribution in [0.3, 0.4) is 0 Å². The molecule has 0 heterocycles. The van der Waals surface area contributed by atoms with Crippen LogP contribution in [0.4, 0.5) is 0 Å². The minimum Gasteiger partial charge on any atom is -0.301 e. The maximum Gasteiger partial charge on any atom is 0.191 e. The molecule has 0 aromatic heterocycles. The average molecular weight is 101 g/mol. The molecule has 5 heteroatoms. The van der Waals surface area contributed by atoms with Gasteiger partial charge in [0, 0.05) is 5.87 Å². The van der Waals surface area contributed by atoms with Crippen molar-refractivity contribution >= 4 is 5.87 Å². The van der Waals surface area contributed by atoms with E-state index in [2.05, 4.69) is 10.9 Å². The van der Waals surface area contributed by atoms with Gasteiger partial charge in [0.15, 0.2) is 5.82 Å². The van der Waals surface area contributed by atoms with Crippen LogP contribution in [-0.4, -0.2) is 5.87 Å². The van der Waals surface area contributed by atoms with Crippen molar-refractivity contribution in [2.75, 3.05) is 0 Å². The summed E-state index contributed by atoms with van der Waals surface area (Å²) in [4.78, 5) is 0. The Morgan fingerprint density at radius 1 is 1.43 bits per heavy atom. The lowest BCUT2D eigenvalue weighted by atomic mass is 10.8. The van der Waals surface area contributed by atoms with Gasteiger partial charge in [0.1, 0.15) is 0 Å². The fourth-order valence-corrected chi connectivity index (χ4v) is 0.114. The van der Waals surface area contributed by atoms with Crippen LogP contribution in [0.25, 0.3) is 0 Å². The zero-order chi connectivity index (χ0) is 5.70. The molecule has 0 rings (SSSR count). The molecule has 0 saturated carbocycles. The minimum atomic E-state index is 0.153. The molecule has 0 spiro atoms. The van der Waals surface area contributed by atoms with E-state index in [4.69, 9.17) is 17.1 Å². The van der Waals surface area contributed by atoms with E-state index >= 15 is 0 Å². The smallest absolute Gasteiger partial charge is 0.191 e. The SMILES string of the molecule is N=C=C(NN)NN. The van der Waals surface area contributed by atoms with Crippen LogP contribution in [0.5, 0.6) is 0 Å². The standard InChI is InChI=1S/C2H7N5/c3-1-2(6-4)7-5/h3,6-7H,4-5H2. The van der Waals surface area contributed by atoms with Gasteiger partial charge in [-0.3, -0.25) is 5.41 Å². The van der Waals surface area contributed by atoms with Gasteiger partial charge in [-0.25, -0.2) is 11.7 Å². The molecule has 0 aromatic carbocycles. The van der Waals surface area contributed by atoms with E-state index in [0.29, 0.717) is 0 Å². The first kappa shape index (κ1) is 5.97. The zero-order valence-electron chi connectivity index (χ0n) is 3.65. The van der Waals surface area contributed by atoms with Crippen molar-refractivity contribution in [3.63, 3.8) is 0 Å². The molecular weight excluding hydrogens is 94.1 g/mol. The molecule has 7 heavy (non-hydrogen) atoms. The molecule has 0 saturated heterocycles. The number of hydrogen-bond acceptors (Lipinski definition) is 5. The number of rotatable bonds is 2. The summed E-state index contributed by atoms with van der Waals surface area (Å²) < 4.78 is 0. The highest BCUT2D eigenvalue weighted by atomic mass is 15.4. The summed E-state index contributed by atoms with van der Waals surface area (Å²) in [5.41, 5.74) is 4.17. The first-order valence-corrected chi connectivity index (χ1v) is 1.58. The highest BCUT2D eigenvalue weighted by Crippen LogP contribution is 1.56. The van der Waals surface area contributed by atoms with Gasteiger partial charge in [-0.2, -0.15) is 0 Å². The summed E-state index contributed by atoms with van der Waals surface area (Å²) in [7, 11) is 0. The molecule has 0 fully saturated rings. The summed E-state index contributed by atoms with van der Waals surface area (Å²) >= 11 is 0. The summed E-state index contributed by atoms with van der Waals surface area (Å²) in [5.74, 6) is 11.6. The minimum absolute atomic E-state index is 0.153. The lowest BCUT2D eigenvalue weighted by molar-refractivity contribution is 0.751. The van der Waals surface area contributed by atoms with Gasteiger partial charge in [-0.1, -0.05) is 0 Å². The van der Waals surface area contributed by atoms with Gasteiger partial charge < -0.3 is 10.9 Å². The van der Waals surface area contributed by atoms with Gasteiger partial charge in [-0.15, -0.1) is 0 Å². The molecule has 0 amide bonds. The van der Waals surface area contributed by atoms with E-state index in [0.717, 1.165) is 0 Å². The topological polar surface area (TPSA) is 100.0 Å². The Labute approximate surface area is 40.8 Å². The van der Waals surface area contributed by atoms with Crippen LogP contribution >= 0.6 is 0 Å². The van der Waals surface area contributed by atoms with Crippen molar-refractivity contribution in [3.05, 3.63) is 5.82 Å². The molecular formula is C2H7N5. The van der Waals surface area contributed by atoms with E-state index in [1.807, 2.05) is 5.87 Å². The second-order valence-corrected chi connectivity index (χ2v) is 0.789. The second-order valence-electron chi connectivity index (χ2n) is 0.789. The molecule has 0 atom stereocenters. The summed E-state index contributed by atoms with van der Waals surface area (Å²) in [6, 6.07) is 0. The van der Waals surface area contributed by atoms with Crippen molar-refractivity contribution in [1.29, 1.82) is 5.41 Å². The lowest BCUT2D eigenvalue weighted by Crippen LogP contribution is -2.35. The third-order valence-electron chi connectivity index (χ3n) is 0.414. The Hall–Kier alpha value is -1.03. The zero-order valence-corrected chi connectivity index (χ0v) is 3.65. The summed E-state index contributed by atoms with van der Waals surface area (Å²) in [5, 5.41) is 6.39. The van der Waals surface area contributed by atoms with Crippen LogP contribution in [0.15, 0.2) is 5.82 Å². The van der Waals surface area contributed by atoms with Crippen molar-refractivity contribution in [2.45, 2.75) is 0 Å². The first-order chi connectivity index (χ1) is 3.35. The van der Waals surface area contributed by atoms with E-state index in [1.165, 1.54) is 0 Å². The van der Waals surface area contributed by atoms with Gasteiger partial charge >= 0.3 is 0 Å². The average Bonchev–Trinajstić information content (AvgIpc) is 1.72. The van der Waals surface area contributed by atoms with Gasteiger partial charge in [0.2, 0.25) is 0 Å². The Morgan fingerprint density at radius 2 is 1.86 bits per heavy atom. The molecule has 0 aliphatic heterocycles. The summed E-state index contributed by atoms with van der Waals surface area (Å²) in [6.07, 6.45) is 0. The molecule has 0 aliphatic rings. The number of nitrogens with one attached hydrogen (secondary N) is 3. The number of hydrazine groups is 2. The Balaban J connectivity index is 3.61. The Bertz CT molecular complexity index is 84.3. The molecule has 0 bridgehead atoms. The molecule has 0 aliphatic carbocycles. The largest absolute Gasteiger partial charge is 0.301 e. The second kappa shape index (κ2) is 3.17. The van der Waals surface area contributed by atoms with Gasteiger partial charge in [0.25, 0.3) is 0 Å². The van der Waals surface area contributed by atoms with Crippen LogP contribution in [-0.2, 0) is 0 Å².